The largest absolute Gasteiger partial charge is 0.314 e. The van der Waals surface area contributed by atoms with Crippen LogP contribution in [0.1, 0.15) is 24.5 Å². The molecule has 0 aliphatic carbocycles. The van der Waals surface area contributed by atoms with Crippen molar-refractivity contribution >= 4 is 11.6 Å². The molecule has 0 heterocycles. The number of nitrogens with one attached hydrogen (secondary N) is 1. The topological polar surface area (TPSA) is 12.0 Å². The first-order valence-corrected chi connectivity index (χ1v) is 7.68. The summed E-state index contributed by atoms with van der Waals surface area (Å²) in [6.45, 7) is 3.14. The average Bonchev–Trinajstić information content (AvgIpc) is 2.48. The number of hydrogen-bond acceptors (Lipinski definition) is 1. The number of aryl methyl sites for hydroxylation is 1. The lowest BCUT2D eigenvalue weighted by atomic mass is 9.99. The molecule has 1 atom stereocenters. The van der Waals surface area contributed by atoms with Crippen molar-refractivity contribution < 1.29 is 0 Å². The van der Waals surface area contributed by atoms with E-state index in [2.05, 4.69) is 54.7 Å². The number of likely N-dealkylation sites (N-methyl/N-ethyl adjacent to an activating group) is 1. The molecule has 0 saturated heterocycles. The third-order valence-corrected chi connectivity index (χ3v) is 3.91. The van der Waals surface area contributed by atoms with E-state index in [4.69, 9.17) is 11.6 Å². The molecular weight excluding hydrogens is 266 g/mol. The Kier molecular flexibility index (Phi) is 6.10. The van der Waals surface area contributed by atoms with Crippen molar-refractivity contribution in [1.29, 1.82) is 0 Å². The first-order chi connectivity index (χ1) is 9.79. The number of halogens is 1. The molecule has 0 aromatic heterocycles. The lowest BCUT2D eigenvalue weighted by Crippen LogP contribution is -2.31. The van der Waals surface area contributed by atoms with Crippen molar-refractivity contribution in [1.82, 2.24) is 5.32 Å². The van der Waals surface area contributed by atoms with Crippen LogP contribution in [0.4, 0.5) is 0 Å². The molecule has 0 fully saturated rings. The monoisotopic (exact) mass is 287 g/mol. The standard InChI is InChI=1S/C18H22ClN/c1-2-20-17(13-12-15-8-4-3-5-9-15)14-16-10-6-7-11-18(16)19/h3-11,17,20H,2,12-14H2,1H3. The van der Waals surface area contributed by atoms with Crippen molar-refractivity contribution in [3.63, 3.8) is 0 Å². The van der Waals surface area contributed by atoms with Gasteiger partial charge in [-0.25, -0.2) is 0 Å². The van der Waals surface area contributed by atoms with E-state index in [-0.39, 0.29) is 0 Å². The van der Waals surface area contributed by atoms with Gasteiger partial charge in [0.05, 0.1) is 0 Å². The molecule has 1 N–H and O–H groups in total. The van der Waals surface area contributed by atoms with E-state index in [9.17, 15) is 0 Å². The van der Waals surface area contributed by atoms with Crippen LogP contribution in [0.15, 0.2) is 54.6 Å². The molecule has 106 valence electrons. The van der Waals surface area contributed by atoms with Crippen molar-refractivity contribution in [2.75, 3.05) is 6.54 Å². The normalized spacial score (nSPS) is 12.3. The second-order valence-electron chi connectivity index (χ2n) is 5.07. The zero-order valence-corrected chi connectivity index (χ0v) is 12.7. The average molecular weight is 288 g/mol. The Morgan fingerprint density at radius 1 is 1.00 bits per heavy atom. The van der Waals surface area contributed by atoms with Crippen LogP contribution in [0.2, 0.25) is 5.02 Å². The number of hydrogen-bond donors (Lipinski definition) is 1. The van der Waals surface area contributed by atoms with Crippen LogP contribution < -0.4 is 5.32 Å². The summed E-state index contributed by atoms with van der Waals surface area (Å²) in [7, 11) is 0. The molecule has 0 radical (unpaired) electrons. The highest BCUT2D eigenvalue weighted by Crippen LogP contribution is 2.18. The molecule has 0 amide bonds. The summed E-state index contributed by atoms with van der Waals surface area (Å²) in [5, 5.41) is 4.44. The fourth-order valence-corrected chi connectivity index (χ4v) is 2.69. The number of rotatable bonds is 7. The summed E-state index contributed by atoms with van der Waals surface area (Å²) in [6, 6.07) is 19.3. The van der Waals surface area contributed by atoms with Gasteiger partial charge in [0.1, 0.15) is 0 Å². The molecule has 1 unspecified atom stereocenters. The van der Waals surface area contributed by atoms with Crippen molar-refractivity contribution in [2.45, 2.75) is 32.2 Å². The van der Waals surface area contributed by atoms with Gasteiger partial charge in [0.2, 0.25) is 0 Å². The summed E-state index contributed by atoms with van der Waals surface area (Å²) >= 11 is 6.26. The molecule has 2 aromatic carbocycles. The summed E-state index contributed by atoms with van der Waals surface area (Å²) in [4.78, 5) is 0. The minimum Gasteiger partial charge on any atom is -0.314 e. The van der Waals surface area contributed by atoms with E-state index in [0.717, 1.165) is 30.8 Å². The third-order valence-electron chi connectivity index (χ3n) is 3.54. The predicted molar refractivity (Wildman–Crippen MR) is 87.4 cm³/mol. The van der Waals surface area contributed by atoms with Crippen molar-refractivity contribution in [3.05, 3.63) is 70.7 Å². The highest BCUT2D eigenvalue weighted by molar-refractivity contribution is 6.31. The van der Waals surface area contributed by atoms with Gasteiger partial charge < -0.3 is 5.32 Å². The van der Waals surface area contributed by atoms with E-state index >= 15 is 0 Å². The smallest absolute Gasteiger partial charge is 0.0438 e. The Morgan fingerprint density at radius 3 is 2.40 bits per heavy atom. The Balaban J connectivity index is 1.95. The van der Waals surface area contributed by atoms with Crippen LogP contribution in [0.25, 0.3) is 0 Å². The summed E-state index contributed by atoms with van der Waals surface area (Å²) in [5.74, 6) is 0. The van der Waals surface area contributed by atoms with Gasteiger partial charge in [-0.15, -0.1) is 0 Å². The molecule has 2 rings (SSSR count). The molecule has 20 heavy (non-hydrogen) atoms. The van der Waals surface area contributed by atoms with Gasteiger partial charge in [-0.2, -0.15) is 0 Å². The molecule has 1 nitrogen and oxygen atoms in total. The molecule has 0 bridgehead atoms. The molecule has 0 saturated carbocycles. The van der Waals surface area contributed by atoms with Gasteiger partial charge >= 0.3 is 0 Å². The second-order valence-corrected chi connectivity index (χ2v) is 5.48. The highest BCUT2D eigenvalue weighted by atomic mass is 35.5. The minimum absolute atomic E-state index is 0.472. The summed E-state index contributed by atoms with van der Waals surface area (Å²) < 4.78 is 0. The van der Waals surface area contributed by atoms with Crippen molar-refractivity contribution in [2.24, 2.45) is 0 Å². The molecule has 2 aromatic rings. The molecular formula is C18H22ClN. The Hall–Kier alpha value is -1.31. The molecule has 0 spiro atoms. The Labute approximate surface area is 127 Å². The van der Waals surface area contributed by atoms with E-state index in [1.807, 2.05) is 12.1 Å². The first-order valence-electron chi connectivity index (χ1n) is 7.30. The quantitative estimate of drug-likeness (QED) is 0.791. The lowest BCUT2D eigenvalue weighted by molar-refractivity contribution is 0.491. The maximum atomic E-state index is 6.26. The fraction of sp³-hybridized carbons (Fsp3) is 0.333. The Bertz CT molecular complexity index is 510. The van der Waals surface area contributed by atoms with E-state index in [1.165, 1.54) is 11.1 Å². The highest BCUT2D eigenvalue weighted by Gasteiger charge is 2.10. The summed E-state index contributed by atoms with van der Waals surface area (Å²) in [5.41, 5.74) is 2.63. The number of benzene rings is 2. The van der Waals surface area contributed by atoms with E-state index < -0.39 is 0 Å². The van der Waals surface area contributed by atoms with Gasteiger partial charge in [-0.1, -0.05) is 67.1 Å². The van der Waals surface area contributed by atoms with Crippen LogP contribution in [-0.2, 0) is 12.8 Å². The van der Waals surface area contributed by atoms with Gasteiger partial charge in [-0.3, -0.25) is 0 Å². The van der Waals surface area contributed by atoms with Crippen LogP contribution in [-0.4, -0.2) is 12.6 Å². The maximum Gasteiger partial charge on any atom is 0.0438 e. The SMILES string of the molecule is CCNC(CCc1ccccc1)Cc1ccccc1Cl. The van der Waals surface area contributed by atoms with Gasteiger partial charge in [0, 0.05) is 11.1 Å². The summed E-state index contributed by atoms with van der Waals surface area (Å²) in [6.07, 6.45) is 3.21. The molecule has 2 heteroatoms. The molecule has 0 aliphatic rings. The zero-order chi connectivity index (χ0) is 14.2. The van der Waals surface area contributed by atoms with E-state index in [0.29, 0.717) is 6.04 Å². The van der Waals surface area contributed by atoms with Crippen LogP contribution >= 0.6 is 11.6 Å². The van der Waals surface area contributed by atoms with Crippen LogP contribution in [0.3, 0.4) is 0 Å². The maximum absolute atomic E-state index is 6.26. The van der Waals surface area contributed by atoms with Crippen molar-refractivity contribution in [3.8, 4) is 0 Å². The van der Waals surface area contributed by atoms with Gasteiger partial charge in [0.15, 0.2) is 0 Å². The van der Waals surface area contributed by atoms with Gasteiger partial charge in [0.25, 0.3) is 0 Å². The first kappa shape index (κ1) is 15.1. The Morgan fingerprint density at radius 2 is 1.70 bits per heavy atom. The minimum atomic E-state index is 0.472. The van der Waals surface area contributed by atoms with Gasteiger partial charge in [-0.05, 0) is 43.0 Å². The fourth-order valence-electron chi connectivity index (χ4n) is 2.48. The lowest BCUT2D eigenvalue weighted by Gasteiger charge is -2.18. The predicted octanol–water partition coefficient (Wildman–Crippen LogP) is 4.49. The third kappa shape index (κ3) is 4.66. The zero-order valence-electron chi connectivity index (χ0n) is 12.0. The second kappa shape index (κ2) is 8.08. The molecule has 0 aliphatic heterocycles. The van der Waals surface area contributed by atoms with Crippen LogP contribution in [0.5, 0.6) is 0 Å². The van der Waals surface area contributed by atoms with Crippen LogP contribution in [0, 0.1) is 0 Å². The van der Waals surface area contributed by atoms with E-state index in [1.54, 1.807) is 0 Å².